The zero-order valence-electron chi connectivity index (χ0n) is 11.5. The molecule has 1 unspecified atom stereocenters. The lowest BCUT2D eigenvalue weighted by molar-refractivity contribution is -0.128. The molecule has 2 atom stereocenters. The predicted octanol–water partition coefficient (Wildman–Crippen LogP) is 2.22. The van der Waals surface area contributed by atoms with Gasteiger partial charge in [0.2, 0.25) is 0 Å². The number of morpholine rings is 1. The van der Waals surface area contributed by atoms with Crippen LogP contribution in [0.5, 0.6) is 0 Å². The number of rotatable bonds is 3. The molecule has 1 aromatic carbocycles. The lowest BCUT2D eigenvalue weighted by atomic mass is 9.96. The molecule has 100 valence electrons. The number of aliphatic hydroxyl groups is 1. The lowest BCUT2D eigenvalue weighted by Crippen LogP contribution is -2.56. The molecule has 0 amide bonds. The van der Waals surface area contributed by atoms with Gasteiger partial charge in [0.1, 0.15) is 0 Å². The van der Waals surface area contributed by atoms with Gasteiger partial charge < -0.3 is 9.84 Å². The Kier molecular flexibility index (Phi) is 4.05. The molecule has 3 heteroatoms. The fourth-order valence-corrected chi connectivity index (χ4v) is 2.43. The summed E-state index contributed by atoms with van der Waals surface area (Å²) in [7, 11) is 0. The number of β-amino-alcohol motifs (C(OH)–C–C–N with tert-alkyl or cyclic N) is 1. The Morgan fingerprint density at radius 3 is 2.72 bits per heavy atom. The molecule has 0 aliphatic carbocycles. The average molecular weight is 249 g/mol. The molecule has 1 aliphatic heterocycles. The molecule has 0 radical (unpaired) electrons. The molecule has 0 spiro atoms. The SMILES string of the molecule is CC1N(C[C@@H](O)c2ccccc2)CCOC1(C)C. The van der Waals surface area contributed by atoms with Crippen molar-refractivity contribution in [3.05, 3.63) is 35.9 Å². The predicted molar refractivity (Wildman–Crippen MR) is 72.5 cm³/mol. The summed E-state index contributed by atoms with van der Waals surface area (Å²) in [6.45, 7) is 8.67. The molecule has 3 nitrogen and oxygen atoms in total. The summed E-state index contributed by atoms with van der Waals surface area (Å²) < 4.78 is 5.77. The van der Waals surface area contributed by atoms with Gasteiger partial charge in [-0.25, -0.2) is 0 Å². The van der Waals surface area contributed by atoms with Crippen LogP contribution in [0, 0.1) is 0 Å². The van der Waals surface area contributed by atoms with E-state index in [-0.39, 0.29) is 5.60 Å². The summed E-state index contributed by atoms with van der Waals surface area (Å²) >= 11 is 0. The van der Waals surface area contributed by atoms with E-state index in [1.807, 2.05) is 30.3 Å². The van der Waals surface area contributed by atoms with Crippen LogP contribution in [0.2, 0.25) is 0 Å². The second-order valence-electron chi connectivity index (χ2n) is 5.55. The minimum Gasteiger partial charge on any atom is -0.387 e. The number of hydrogen-bond acceptors (Lipinski definition) is 3. The smallest absolute Gasteiger partial charge is 0.0917 e. The van der Waals surface area contributed by atoms with E-state index in [1.165, 1.54) is 0 Å². The second kappa shape index (κ2) is 5.39. The van der Waals surface area contributed by atoms with Gasteiger partial charge >= 0.3 is 0 Å². The molecule has 1 saturated heterocycles. The van der Waals surface area contributed by atoms with E-state index >= 15 is 0 Å². The Bertz CT molecular complexity index is 377. The topological polar surface area (TPSA) is 32.7 Å². The Morgan fingerprint density at radius 1 is 1.39 bits per heavy atom. The van der Waals surface area contributed by atoms with E-state index in [4.69, 9.17) is 4.74 Å². The number of aliphatic hydroxyl groups excluding tert-OH is 1. The van der Waals surface area contributed by atoms with Crippen LogP contribution in [0.15, 0.2) is 30.3 Å². The van der Waals surface area contributed by atoms with E-state index in [0.29, 0.717) is 12.6 Å². The maximum atomic E-state index is 10.3. The minimum absolute atomic E-state index is 0.144. The molecule has 18 heavy (non-hydrogen) atoms. The first-order chi connectivity index (χ1) is 8.50. The van der Waals surface area contributed by atoms with Crippen molar-refractivity contribution in [2.24, 2.45) is 0 Å². The molecule has 1 aliphatic rings. The van der Waals surface area contributed by atoms with Crippen molar-refractivity contribution >= 4 is 0 Å². The zero-order valence-corrected chi connectivity index (χ0v) is 11.5. The summed E-state index contributed by atoms with van der Waals surface area (Å²) in [6, 6.07) is 10.2. The van der Waals surface area contributed by atoms with Gasteiger partial charge in [0, 0.05) is 19.1 Å². The van der Waals surface area contributed by atoms with Crippen LogP contribution >= 0.6 is 0 Å². The van der Waals surface area contributed by atoms with Crippen LogP contribution in [0.3, 0.4) is 0 Å². The summed E-state index contributed by atoms with van der Waals surface area (Å²) in [4.78, 5) is 2.31. The van der Waals surface area contributed by atoms with Gasteiger partial charge in [0.25, 0.3) is 0 Å². The summed E-state index contributed by atoms with van der Waals surface area (Å²) in [5.41, 5.74) is 0.836. The number of hydrogen-bond donors (Lipinski definition) is 1. The van der Waals surface area contributed by atoms with Crippen molar-refractivity contribution in [2.75, 3.05) is 19.7 Å². The highest BCUT2D eigenvalue weighted by molar-refractivity contribution is 5.17. The van der Waals surface area contributed by atoms with Gasteiger partial charge in [-0.2, -0.15) is 0 Å². The first kappa shape index (κ1) is 13.5. The van der Waals surface area contributed by atoms with Crippen molar-refractivity contribution in [2.45, 2.75) is 38.5 Å². The first-order valence-electron chi connectivity index (χ1n) is 6.62. The number of ether oxygens (including phenoxy) is 1. The van der Waals surface area contributed by atoms with Gasteiger partial charge in [-0.1, -0.05) is 30.3 Å². The molecule has 0 aromatic heterocycles. The van der Waals surface area contributed by atoms with Crippen LogP contribution in [0.1, 0.15) is 32.4 Å². The molecular weight excluding hydrogens is 226 g/mol. The quantitative estimate of drug-likeness (QED) is 0.891. The van der Waals surface area contributed by atoms with Crippen molar-refractivity contribution < 1.29 is 9.84 Å². The van der Waals surface area contributed by atoms with Crippen LogP contribution in [-0.4, -0.2) is 41.3 Å². The van der Waals surface area contributed by atoms with Crippen molar-refractivity contribution in [3.63, 3.8) is 0 Å². The standard InChI is InChI=1S/C15H23NO2/c1-12-15(2,3)18-10-9-16(12)11-14(17)13-7-5-4-6-8-13/h4-8,12,14,17H,9-11H2,1-3H3/t12?,14-/m1/s1. The van der Waals surface area contributed by atoms with Gasteiger partial charge in [0.15, 0.2) is 0 Å². The zero-order chi connectivity index (χ0) is 13.2. The Morgan fingerprint density at radius 2 is 2.06 bits per heavy atom. The summed E-state index contributed by atoms with van der Waals surface area (Å²) in [5, 5.41) is 10.3. The van der Waals surface area contributed by atoms with E-state index < -0.39 is 6.10 Å². The van der Waals surface area contributed by atoms with E-state index in [9.17, 15) is 5.11 Å². The average Bonchev–Trinajstić information content (AvgIpc) is 2.36. The Hall–Kier alpha value is -0.900. The third-order valence-corrected chi connectivity index (χ3v) is 4.00. The van der Waals surface area contributed by atoms with Gasteiger partial charge in [-0.15, -0.1) is 0 Å². The molecule has 0 saturated carbocycles. The third-order valence-electron chi connectivity index (χ3n) is 4.00. The van der Waals surface area contributed by atoms with E-state index in [2.05, 4.69) is 25.7 Å². The second-order valence-corrected chi connectivity index (χ2v) is 5.55. The number of benzene rings is 1. The first-order valence-corrected chi connectivity index (χ1v) is 6.62. The normalized spacial score (nSPS) is 25.9. The highest BCUT2D eigenvalue weighted by atomic mass is 16.5. The van der Waals surface area contributed by atoms with E-state index in [0.717, 1.165) is 18.7 Å². The van der Waals surface area contributed by atoms with Crippen LogP contribution < -0.4 is 0 Å². The highest BCUT2D eigenvalue weighted by Gasteiger charge is 2.35. The van der Waals surface area contributed by atoms with E-state index in [1.54, 1.807) is 0 Å². The largest absolute Gasteiger partial charge is 0.387 e. The molecule has 1 heterocycles. The highest BCUT2D eigenvalue weighted by Crippen LogP contribution is 2.26. The monoisotopic (exact) mass is 249 g/mol. The van der Waals surface area contributed by atoms with Crippen molar-refractivity contribution in [1.82, 2.24) is 4.90 Å². The van der Waals surface area contributed by atoms with Gasteiger partial charge in [0.05, 0.1) is 18.3 Å². The molecule has 0 bridgehead atoms. The summed E-state index contributed by atoms with van der Waals surface area (Å²) in [6.07, 6.45) is -0.428. The molecule has 1 fully saturated rings. The van der Waals surface area contributed by atoms with Crippen LogP contribution in [-0.2, 0) is 4.74 Å². The maximum absolute atomic E-state index is 10.3. The fourth-order valence-electron chi connectivity index (χ4n) is 2.43. The van der Waals surface area contributed by atoms with Crippen LogP contribution in [0.25, 0.3) is 0 Å². The Labute approximate surface area is 109 Å². The fraction of sp³-hybridized carbons (Fsp3) is 0.600. The van der Waals surface area contributed by atoms with Crippen molar-refractivity contribution in [3.8, 4) is 0 Å². The maximum Gasteiger partial charge on any atom is 0.0917 e. The molecule has 1 aromatic rings. The van der Waals surface area contributed by atoms with Crippen molar-refractivity contribution in [1.29, 1.82) is 0 Å². The number of nitrogens with zero attached hydrogens (tertiary/aromatic N) is 1. The Balaban J connectivity index is 2.01. The van der Waals surface area contributed by atoms with Gasteiger partial charge in [-0.3, -0.25) is 4.90 Å². The van der Waals surface area contributed by atoms with Gasteiger partial charge in [-0.05, 0) is 26.3 Å². The molecular formula is C15H23NO2. The van der Waals surface area contributed by atoms with Crippen LogP contribution in [0.4, 0.5) is 0 Å². The minimum atomic E-state index is -0.428. The molecule has 1 N–H and O–H groups in total. The summed E-state index contributed by atoms with van der Waals surface area (Å²) in [5.74, 6) is 0. The molecule has 2 rings (SSSR count). The lowest BCUT2D eigenvalue weighted by Gasteiger charge is -2.45. The third kappa shape index (κ3) is 2.91.